The van der Waals surface area contributed by atoms with Crippen molar-refractivity contribution in [2.24, 2.45) is 0 Å². The fourth-order valence-corrected chi connectivity index (χ4v) is 6.17. The van der Waals surface area contributed by atoms with E-state index in [1.807, 2.05) is 23.1 Å². The number of fused-ring (bicyclic) bond motifs is 2. The van der Waals surface area contributed by atoms with Gasteiger partial charge in [-0.25, -0.2) is 0 Å². The molecular weight excluding hydrogens is 447 g/mol. The molecule has 2 aromatic carbocycles. The molecule has 1 atom stereocenters. The zero-order valence-corrected chi connectivity index (χ0v) is 17.7. The number of rotatable bonds is 4. The highest BCUT2D eigenvalue weighted by molar-refractivity contribution is 8.00. The van der Waals surface area contributed by atoms with E-state index in [0.717, 1.165) is 19.5 Å². The molecule has 0 bridgehead atoms. The van der Waals surface area contributed by atoms with E-state index >= 15 is 0 Å². The van der Waals surface area contributed by atoms with Crippen molar-refractivity contribution in [1.29, 1.82) is 0 Å². The van der Waals surface area contributed by atoms with E-state index in [1.165, 1.54) is 25.8 Å². The van der Waals surface area contributed by atoms with Crippen LogP contribution in [0.5, 0.6) is 0 Å². The van der Waals surface area contributed by atoms with E-state index < -0.39 is 0 Å². The van der Waals surface area contributed by atoms with Crippen LogP contribution in [-0.4, -0.2) is 11.9 Å². The molecule has 0 amide bonds. The molecule has 126 valence electrons. The Hall–Kier alpha value is -0.790. The highest BCUT2D eigenvalue weighted by atomic mass is 127. The molecule has 0 spiro atoms. The van der Waals surface area contributed by atoms with Crippen molar-refractivity contribution >= 4 is 39.0 Å². The summed E-state index contributed by atoms with van der Waals surface area (Å²) >= 11 is 3.96. The van der Waals surface area contributed by atoms with Crippen LogP contribution in [0.25, 0.3) is 10.2 Å². The standard InChI is InChI=1S/C19H21N2S2.HI/c1-3-20-14-9-5-7-11-16(14)22-18(20)13-19-21(4-2)15-10-6-8-12-17(15)23-19;/h5-12,18H,3-4,13H2,1-2H3;1H/q+1;/p-1. The first-order valence-corrected chi connectivity index (χ1v) is 9.94. The fourth-order valence-electron chi connectivity index (χ4n) is 3.42. The number of thioether (sulfide) groups is 1. The van der Waals surface area contributed by atoms with Gasteiger partial charge >= 0.3 is 0 Å². The first kappa shape index (κ1) is 18.0. The Morgan fingerprint density at radius 3 is 2.58 bits per heavy atom. The number of likely N-dealkylation sites (N-methyl/N-ethyl adjacent to an activating group) is 1. The topological polar surface area (TPSA) is 7.12 Å². The Labute approximate surface area is 168 Å². The summed E-state index contributed by atoms with van der Waals surface area (Å²) in [5.74, 6) is 0. The van der Waals surface area contributed by atoms with Gasteiger partial charge in [0, 0.05) is 17.5 Å². The normalized spacial score (nSPS) is 16.2. The van der Waals surface area contributed by atoms with Crippen LogP contribution in [0.4, 0.5) is 5.69 Å². The molecule has 2 nitrogen and oxygen atoms in total. The maximum atomic E-state index is 2.55. The minimum atomic E-state index is 0. The predicted molar refractivity (Wildman–Crippen MR) is 101 cm³/mol. The predicted octanol–water partition coefficient (Wildman–Crippen LogP) is 1.71. The van der Waals surface area contributed by atoms with Crippen LogP contribution in [-0.2, 0) is 13.0 Å². The minimum Gasteiger partial charge on any atom is -1.00 e. The largest absolute Gasteiger partial charge is 1.00 e. The fraction of sp³-hybridized carbons (Fsp3) is 0.316. The summed E-state index contributed by atoms with van der Waals surface area (Å²) < 4.78 is 3.88. The molecule has 0 fully saturated rings. The molecular formula is C19H21IN2S2. The molecule has 3 aromatic rings. The van der Waals surface area contributed by atoms with Gasteiger partial charge in [0.25, 0.3) is 0 Å². The first-order valence-electron chi connectivity index (χ1n) is 8.24. The van der Waals surface area contributed by atoms with E-state index in [9.17, 15) is 0 Å². The lowest BCUT2D eigenvalue weighted by Gasteiger charge is -2.23. The smallest absolute Gasteiger partial charge is 0.241 e. The van der Waals surface area contributed by atoms with Gasteiger partial charge in [0.15, 0.2) is 0 Å². The summed E-state index contributed by atoms with van der Waals surface area (Å²) in [6.45, 7) is 6.60. The number of aromatic nitrogens is 1. The zero-order chi connectivity index (χ0) is 15.8. The lowest BCUT2D eigenvalue weighted by Crippen LogP contribution is -3.00. The molecule has 1 aromatic heterocycles. The van der Waals surface area contributed by atoms with E-state index in [-0.39, 0.29) is 24.0 Å². The van der Waals surface area contributed by atoms with Crippen molar-refractivity contribution in [3.05, 3.63) is 53.5 Å². The average molecular weight is 468 g/mol. The summed E-state index contributed by atoms with van der Waals surface area (Å²) in [4.78, 5) is 3.97. The average Bonchev–Trinajstić information content (AvgIpc) is 3.11. The molecule has 0 aliphatic carbocycles. The highest BCUT2D eigenvalue weighted by Crippen LogP contribution is 2.44. The SMILES string of the molecule is CCN1c2ccccc2SC1Cc1sc2ccccc2[n+]1CC.[I-]. The van der Waals surface area contributed by atoms with Crippen LogP contribution in [0.3, 0.4) is 0 Å². The molecule has 1 unspecified atom stereocenters. The quantitative estimate of drug-likeness (QED) is 0.426. The molecule has 2 heterocycles. The van der Waals surface area contributed by atoms with Crippen LogP contribution < -0.4 is 33.4 Å². The molecule has 24 heavy (non-hydrogen) atoms. The number of hydrogen-bond acceptors (Lipinski definition) is 3. The van der Waals surface area contributed by atoms with Gasteiger partial charge in [0.05, 0.1) is 17.5 Å². The van der Waals surface area contributed by atoms with Crippen molar-refractivity contribution in [2.45, 2.75) is 37.1 Å². The number of hydrogen-bond donors (Lipinski definition) is 0. The lowest BCUT2D eigenvalue weighted by molar-refractivity contribution is -0.670. The van der Waals surface area contributed by atoms with Crippen molar-refractivity contribution in [1.82, 2.24) is 0 Å². The highest BCUT2D eigenvalue weighted by Gasteiger charge is 2.32. The summed E-state index contributed by atoms with van der Waals surface area (Å²) in [6.07, 6.45) is 1.10. The van der Waals surface area contributed by atoms with E-state index in [0.29, 0.717) is 5.37 Å². The number of para-hydroxylation sites is 2. The van der Waals surface area contributed by atoms with Crippen LogP contribution in [0.2, 0.25) is 0 Å². The summed E-state index contributed by atoms with van der Waals surface area (Å²) in [7, 11) is 0. The van der Waals surface area contributed by atoms with Crippen LogP contribution in [0.15, 0.2) is 53.4 Å². The van der Waals surface area contributed by atoms with E-state index in [2.05, 4.69) is 71.8 Å². The Bertz CT molecular complexity index is 846. The molecule has 0 saturated heterocycles. The third kappa shape index (κ3) is 3.06. The molecule has 1 aliphatic rings. The molecule has 4 rings (SSSR count). The van der Waals surface area contributed by atoms with E-state index in [4.69, 9.17) is 0 Å². The second-order valence-electron chi connectivity index (χ2n) is 5.74. The monoisotopic (exact) mass is 468 g/mol. The van der Waals surface area contributed by atoms with Gasteiger partial charge < -0.3 is 28.9 Å². The number of thiazole rings is 1. The first-order chi connectivity index (χ1) is 11.3. The summed E-state index contributed by atoms with van der Waals surface area (Å²) in [5, 5.41) is 1.99. The number of halogens is 1. The van der Waals surface area contributed by atoms with Gasteiger partial charge in [-0.1, -0.05) is 47.4 Å². The summed E-state index contributed by atoms with van der Waals surface area (Å²) in [5.41, 5.74) is 2.77. The van der Waals surface area contributed by atoms with Gasteiger partial charge in [-0.3, -0.25) is 0 Å². The zero-order valence-electron chi connectivity index (χ0n) is 13.9. The van der Waals surface area contributed by atoms with Crippen molar-refractivity contribution in [3.8, 4) is 0 Å². The van der Waals surface area contributed by atoms with Crippen molar-refractivity contribution in [3.63, 3.8) is 0 Å². The second kappa shape index (κ2) is 7.62. The molecule has 0 saturated carbocycles. The van der Waals surface area contributed by atoms with Crippen LogP contribution in [0.1, 0.15) is 18.9 Å². The Balaban J connectivity index is 0.00000169. The number of aryl methyl sites for hydroxylation is 1. The molecule has 5 heteroatoms. The van der Waals surface area contributed by atoms with Crippen molar-refractivity contribution < 1.29 is 28.5 Å². The van der Waals surface area contributed by atoms with Gasteiger partial charge in [0.2, 0.25) is 10.5 Å². The Kier molecular flexibility index (Phi) is 5.72. The van der Waals surface area contributed by atoms with Crippen LogP contribution in [0, 0.1) is 0 Å². The third-order valence-corrected chi connectivity index (χ3v) is 6.96. The maximum absolute atomic E-state index is 2.55. The third-order valence-electron chi connectivity index (χ3n) is 4.48. The Morgan fingerprint density at radius 2 is 1.79 bits per heavy atom. The molecule has 0 radical (unpaired) electrons. The Morgan fingerprint density at radius 1 is 1.04 bits per heavy atom. The molecule has 1 aliphatic heterocycles. The number of benzene rings is 2. The second-order valence-corrected chi connectivity index (χ2v) is 8.07. The van der Waals surface area contributed by atoms with E-state index in [1.54, 1.807) is 0 Å². The molecule has 0 N–H and O–H groups in total. The number of nitrogens with zero attached hydrogens (tertiary/aromatic N) is 2. The van der Waals surface area contributed by atoms with Gasteiger partial charge in [0.1, 0.15) is 11.2 Å². The lowest BCUT2D eigenvalue weighted by atomic mass is 10.2. The minimum absolute atomic E-state index is 0. The van der Waals surface area contributed by atoms with Crippen molar-refractivity contribution in [2.75, 3.05) is 11.4 Å². The van der Waals surface area contributed by atoms with Crippen LogP contribution >= 0.6 is 23.1 Å². The summed E-state index contributed by atoms with van der Waals surface area (Å²) in [6, 6.07) is 17.6. The van der Waals surface area contributed by atoms with Gasteiger partial charge in [-0.2, -0.15) is 4.57 Å². The van der Waals surface area contributed by atoms with Gasteiger partial charge in [-0.15, -0.1) is 0 Å². The van der Waals surface area contributed by atoms with Gasteiger partial charge in [-0.05, 0) is 32.0 Å². The number of anilines is 1. The maximum Gasteiger partial charge on any atom is 0.241 e.